The summed E-state index contributed by atoms with van der Waals surface area (Å²) in [4.78, 5) is 12.0. The van der Waals surface area contributed by atoms with Crippen LogP contribution in [0.2, 0.25) is 0 Å². The molecule has 28 heavy (non-hydrogen) atoms. The summed E-state index contributed by atoms with van der Waals surface area (Å²) in [6, 6.07) is 9.63. The molecule has 2 aromatic rings. The molecule has 1 fully saturated rings. The number of carbonyl (C=O) groups excluding carboxylic acids is 1. The lowest BCUT2D eigenvalue weighted by Crippen LogP contribution is -2.50. The van der Waals surface area contributed by atoms with Crippen LogP contribution in [0, 0.1) is 5.41 Å². The van der Waals surface area contributed by atoms with Crippen LogP contribution in [0.1, 0.15) is 22.3 Å². The zero-order chi connectivity index (χ0) is 19.7. The molecule has 1 heterocycles. The zero-order valence-corrected chi connectivity index (χ0v) is 16.1. The van der Waals surface area contributed by atoms with Crippen LogP contribution in [0.3, 0.4) is 0 Å². The monoisotopic (exact) mass is 384 g/mol. The standard InChI is InChI=1S/C22H24O6/c1-25-19-8-6-17(15-3-5-16-14(9-15)4-7-18(16)24)20(21(19)26-2)28-13-22(10-23)11-27-12-22/h3,5-6,8-9,23H,4,7,10-13H2,1-2H3. The number of hydrogen-bond donors (Lipinski definition) is 1. The fourth-order valence-corrected chi connectivity index (χ4v) is 3.73. The van der Waals surface area contributed by atoms with Gasteiger partial charge in [0.1, 0.15) is 6.61 Å². The van der Waals surface area contributed by atoms with Gasteiger partial charge in [-0.1, -0.05) is 18.2 Å². The van der Waals surface area contributed by atoms with E-state index in [9.17, 15) is 9.90 Å². The van der Waals surface area contributed by atoms with Gasteiger partial charge in [-0.05, 0) is 29.7 Å². The van der Waals surface area contributed by atoms with E-state index in [1.807, 2.05) is 30.3 Å². The Morgan fingerprint density at radius 2 is 1.82 bits per heavy atom. The van der Waals surface area contributed by atoms with Crippen molar-refractivity contribution < 1.29 is 28.8 Å². The van der Waals surface area contributed by atoms with Gasteiger partial charge in [-0.15, -0.1) is 0 Å². The molecular formula is C22H24O6. The van der Waals surface area contributed by atoms with Gasteiger partial charge in [0.25, 0.3) is 0 Å². The van der Waals surface area contributed by atoms with Gasteiger partial charge < -0.3 is 24.1 Å². The number of hydrogen-bond acceptors (Lipinski definition) is 6. The molecule has 0 atom stereocenters. The molecule has 2 aliphatic rings. The van der Waals surface area contributed by atoms with E-state index in [2.05, 4.69) is 0 Å². The maximum atomic E-state index is 12.0. The van der Waals surface area contributed by atoms with Crippen molar-refractivity contribution in [3.63, 3.8) is 0 Å². The fourth-order valence-electron chi connectivity index (χ4n) is 3.73. The van der Waals surface area contributed by atoms with Gasteiger partial charge in [0.05, 0.1) is 39.5 Å². The lowest BCUT2D eigenvalue weighted by Gasteiger charge is -2.39. The topological polar surface area (TPSA) is 74.2 Å². The predicted molar refractivity (Wildman–Crippen MR) is 103 cm³/mol. The highest BCUT2D eigenvalue weighted by molar-refractivity contribution is 6.01. The first kappa shape index (κ1) is 18.8. The minimum atomic E-state index is -0.393. The van der Waals surface area contributed by atoms with Gasteiger partial charge in [-0.3, -0.25) is 4.79 Å². The summed E-state index contributed by atoms with van der Waals surface area (Å²) < 4.78 is 22.5. The molecule has 0 aromatic heterocycles. The largest absolute Gasteiger partial charge is 0.493 e. The van der Waals surface area contributed by atoms with Crippen molar-refractivity contribution in [2.45, 2.75) is 12.8 Å². The lowest BCUT2D eigenvalue weighted by atomic mass is 9.88. The average molecular weight is 384 g/mol. The van der Waals surface area contributed by atoms with Crippen LogP contribution >= 0.6 is 0 Å². The minimum absolute atomic E-state index is 0.00439. The highest BCUT2D eigenvalue weighted by Gasteiger charge is 2.39. The number of carbonyl (C=O) groups is 1. The van der Waals surface area contributed by atoms with Crippen LogP contribution in [-0.4, -0.2) is 51.5 Å². The number of fused-ring (bicyclic) bond motifs is 1. The molecule has 1 aliphatic heterocycles. The molecule has 0 radical (unpaired) electrons. The number of aliphatic hydroxyl groups excluding tert-OH is 1. The van der Waals surface area contributed by atoms with Crippen molar-refractivity contribution >= 4 is 5.78 Å². The molecule has 1 N–H and O–H groups in total. The summed E-state index contributed by atoms with van der Waals surface area (Å²) in [7, 11) is 3.15. The van der Waals surface area contributed by atoms with E-state index in [1.165, 1.54) is 0 Å². The summed E-state index contributed by atoms with van der Waals surface area (Å²) in [6.07, 6.45) is 1.32. The van der Waals surface area contributed by atoms with Crippen molar-refractivity contribution in [2.75, 3.05) is 40.6 Å². The van der Waals surface area contributed by atoms with Crippen LogP contribution < -0.4 is 14.2 Å². The average Bonchev–Trinajstić information content (AvgIpc) is 3.07. The van der Waals surface area contributed by atoms with Gasteiger partial charge in [-0.2, -0.15) is 0 Å². The first-order valence-corrected chi connectivity index (χ1v) is 9.34. The van der Waals surface area contributed by atoms with Crippen molar-refractivity contribution in [3.05, 3.63) is 41.5 Å². The van der Waals surface area contributed by atoms with E-state index in [0.717, 1.165) is 28.7 Å². The van der Waals surface area contributed by atoms with Crippen molar-refractivity contribution in [1.82, 2.24) is 0 Å². The molecule has 4 rings (SSSR count). The molecule has 1 saturated heterocycles. The molecule has 0 saturated carbocycles. The normalized spacial score (nSPS) is 17.0. The van der Waals surface area contributed by atoms with Crippen molar-refractivity contribution in [2.24, 2.45) is 5.41 Å². The molecule has 0 spiro atoms. The molecule has 0 amide bonds. The number of benzene rings is 2. The minimum Gasteiger partial charge on any atom is -0.493 e. The summed E-state index contributed by atoms with van der Waals surface area (Å²) in [5.41, 5.74) is 3.27. The molecule has 0 unspecified atom stereocenters. The Morgan fingerprint density at radius 1 is 1.04 bits per heavy atom. The van der Waals surface area contributed by atoms with Crippen LogP contribution in [0.25, 0.3) is 11.1 Å². The second kappa shape index (κ2) is 7.45. The van der Waals surface area contributed by atoms with Gasteiger partial charge in [0.15, 0.2) is 17.3 Å². The molecule has 1 aliphatic carbocycles. The molecule has 6 nitrogen and oxygen atoms in total. The predicted octanol–water partition coefficient (Wildman–Crippen LogP) is 2.89. The van der Waals surface area contributed by atoms with E-state index in [0.29, 0.717) is 43.5 Å². The Morgan fingerprint density at radius 3 is 2.46 bits per heavy atom. The van der Waals surface area contributed by atoms with E-state index >= 15 is 0 Å². The van der Waals surface area contributed by atoms with Crippen molar-refractivity contribution in [1.29, 1.82) is 0 Å². The van der Waals surface area contributed by atoms with Gasteiger partial charge in [0, 0.05) is 17.5 Å². The first-order chi connectivity index (χ1) is 13.6. The maximum Gasteiger partial charge on any atom is 0.203 e. The van der Waals surface area contributed by atoms with E-state index in [4.69, 9.17) is 18.9 Å². The Bertz CT molecular complexity index is 895. The third-order valence-electron chi connectivity index (χ3n) is 5.51. The Kier molecular flexibility index (Phi) is 5.00. The second-order valence-electron chi connectivity index (χ2n) is 7.41. The van der Waals surface area contributed by atoms with Crippen molar-refractivity contribution in [3.8, 4) is 28.4 Å². The summed E-state index contributed by atoms with van der Waals surface area (Å²) in [5.74, 6) is 1.83. The Labute approximate surface area is 164 Å². The number of Topliss-reactive ketones (excluding diaryl/α,β-unsaturated/α-hetero) is 1. The third kappa shape index (κ3) is 3.12. The highest BCUT2D eigenvalue weighted by Crippen LogP contribution is 2.46. The van der Waals surface area contributed by atoms with E-state index in [1.54, 1.807) is 14.2 Å². The molecule has 148 valence electrons. The number of methoxy groups -OCH3 is 2. The molecule has 6 heteroatoms. The Balaban J connectivity index is 1.75. The zero-order valence-electron chi connectivity index (χ0n) is 16.1. The van der Waals surface area contributed by atoms with Gasteiger partial charge in [-0.25, -0.2) is 0 Å². The quantitative estimate of drug-likeness (QED) is 0.791. The van der Waals surface area contributed by atoms with Gasteiger partial charge >= 0.3 is 0 Å². The summed E-state index contributed by atoms with van der Waals surface area (Å²) >= 11 is 0. The molecule has 0 bridgehead atoms. The summed E-state index contributed by atoms with van der Waals surface area (Å²) in [5, 5.41) is 9.71. The smallest absolute Gasteiger partial charge is 0.203 e. The SMILES string of the molecule is COc1ccc(-c2ccc3c(c2)CCC3=O)c(OCC2(CO)COC2)c1OC. The van der Waals surface area contributed by atoms with Crippen LogP contribution in [0.5, 0.6) is 17.2 Å². The lowest BCUT2D eigenvalue weighted by molar-refractivity contribution is -0.153. The second-order valence-corrected chi connectivity index (χ2v) is 7.41. The van der Waals surface area contributed by atoms with Crippen LogP contribution in [0.4, 0.5) is 0 Å². The molecular weight excluding hydrogens is 360 g/mol. The van der Waals surface area contributed by atoms with Gasteiger partial charge in [0.2, 0.25) is 5.75 Å². The first-order valence-electron chi connectivity index (χ1n) is 9.34. The van der Waals surface area contributed by atoms with E-state index in [-0.39, 0.29) is 12.4 Å². The number of ether oxygens (including phenoxy) is 4. The number of rotatable bonds is 7. The number of aryl methyl sites for hydroxylation is 1. The van der Waals surface area contributed by atoms with Crippen LogP contribution in [-0.2, 0) is 11.2 Å². The third-order valence-corrected chi connectivity index (χ3v) is 5.51. The number of aliphatic hydroxyl groups is 1. The Hall–Kier alpha value is -2.57. The van der Waals surface area contributed by atoms with Crippen LogP contribution in [0.15, 0.2) is 30.3 Å². The number of ketones is 1. The van der Waals surface area contributed by atoms with E-state index < -0.39 is 5.41 Å². The maximum absolute atomic E-state index is 12.0. The summed E-state index contributed by atoms with van der Waals surface area (Å²) in [6.45, 7) is 1.23. The fraction of sp³-hybridized carbons (Fsp3) is 0.409. The molecule has 2 aromatic carbocycles. The highest BCUT2D eigenvalue weighted by atomic mass is 16.5.